The highest BCUT2D eigenvalue weighted by Gasteiger charge is 2.36. The Morgan fingerprint density at radius 3 is 2.82 bits per heavy atom. The van der Waals surface area contributed by atoms with E-state index in [9.17, 15) is 4.39 Å². The first kappa shape index (κ1) is 12.3. The molecule has 0 aromatic heterocycles. The van der Waals surface area contributed by atoms with Gasteiger partial charge >= 0.3 is 0 Å². The lowest BCUT2D eigenvalue weighted by Gasteiger charge is -2.35. The topological polar surface area (TPSA) is 35.8 Å². The van der Waals surface area contributed by atoms with Crippen LogP contribution in [0.1, 0.15) is 24.8 Å². The van der Waals surface area contributed by atoms with Crippen LogP contribution < -0.4 is 5.32 Å². The number of hydrogen-bond acceptors (Lipinski definition) is 2. The Kier molecular flexibility index (Phi) is 3.66. The predicted molar refractivity (Wildman–Crippen MR) is 65.0 cm³/mol. The molecular weight excluding hydrogens is 239 g/mol. The fraction of sp³-hybridized carbons (Fsp3) is 0.462. The third kappa shape index (κ3) is 2.77. The summed E-state index contributed by atoms with van der Waals surface area (Å²) in [6.45, 7) is 1.03. The van der Waals surface area contributed by atoms with Gasteiger partial charge in [-0.05, 0) is 31.0 Å². The summed E-state index contributed by atoms with van der Waals surface area (Å²) >= 11 is 5.80. The van der Waals surface area contributed by atoms with Crippen LogP contribution in [0.3, 0.4) is 0 Å². The van der Waals surface area contributed by atoms with Gasteiger partial charge in [0.2, 0.25) is 0 Å². The summed E-state index contributed by atoms with van der Waals surface area (Å²) in [6.07, 6.45) is 2.99. The highest BCUT2D eigenvalue weighted by atomic mass is 35.5. The molecule has 0 atom stereocenters. The Bertz CT molecular complexity index is 449. The summed E-state index contributed by atoms with van der Waals surface area (Å²) in [5, 5.41) is 12.7. The van der Waals surface area contributed by atoms with Crippen LogP contribution in [0.2, 0.25) is 5.02 Å². The van der Waals surface area contributed by atoms with Crippen molar-refractivity contribution in [2.45, 2.75) is 25.8 Å². The number of halogens is 2. The van der Waals surface area contributed by atoms with Crippen molar-refractivity contribution in [2.24, 2.45) is 5.41 Å². The zero-order chi connectivity index (χ0) is 12.3. The lowest BCUT2D eigenvalue weighted by Crippen LogP contribution is -2.38. The van der Waals surface area contributed by atoms with E-state index in [0.29, 0.717) is 23.7 Å². The fourth-order valence-electron chi connectivity index (χ4n) is 2.05. The van der Waals surface area contributed by atoms with Crippen LogP contribution in [0.5, 0.6) is 0 Å². The number of hydrogen-bond donors (Lipinski definition) is 1. The van der Waals surface area contributed by atoms with E-state index in [1.165, 1.54) is 12.1 Å². The summed E-state index contributed by atoms with van der Waals surface area (Å²) < 4.78 is 13.4. The van der Waals surface area contributed by atoms with Crippen molar-refractivity contribution in [2.75, 3.05) is 6.54 Å². The largest absolute Gasteiger partial charge is 0.311 e. The third-order valence-electron chi connectivity index (χ3n) is 3.33. The molecule has 0 radical (unpaired) electrons. The number of benzene rings is 1. The molecule has 1 aromatic carbocycles. The second kappa shape index (κ2) is 5.03. The Morgan fingerprint density at radius 2 is 2.24 bits per heavy atom. The molecule has 0 spiro atoms. The van der Waals surface area contributed by atoms with Crippen LogP contribution in [0.15, 0.2) is 18.2 Å². The predicted octanol–water partition coefficient (Wildman–Crippen LogP) is 3.26. The molecule has 1 aliphatic rings. The molecule has 1 aliphatic carbocycles. The zero-order valence-corrected chi connectivity index (χ0v) is 10.2. The van der Waals surface area contributed by atoms with Gasteiger partial charge in [-0.25, -0.2) is 4.39 Å². The lowest BCUT2D eigenvalue weighted by molar-refractivity contribution is 0.206. The van der Waals surface area contributed by atoms with E-state index in [1.807, 2.05) is 0 Å². The molecule has 90 valence electrons. The van der Waals surface area contributed by atoms with Gasteiger partial charge in [-0.2, -0.15) is 5.26 Å². The highest BCUT2D eigenvalue weighted by Crippen LogP contribution is 2.39. The molecule has 0 heterocycles. The Balaban J connectivity index is 1.90. The van der Waals surface area contributed by atoms with Gasteiger partial charge in [-0.3, -0.25) is 0 Å². The second-order valence-corrected chi connectivity index (χ2v) is 5.02. The number of nitriles is 1. The molecule has 0 amide bonds. The second-order valence-electron chi connectivity index (χ2n) is 4.58. The fourth-order valence-corrected chi connectivity index (χ4v) is 2.24. The van der Waals surface area contributed by atoms with Gasteiger partial charge in [-0.1, -0.05) is 18.0 Å². The average molecular weight is 253 g/mol. The van der Waals surface area contributed by atoms with Crippen molar-refractivity contribution in [1.82, 2.24) is 5.32 Å². The Hall–Kier alpha value is -1.11. The average Bonchev–Trinajstić information content (AvgIpc) is 2.27. The van der Waals surface area contributed by atoms with Crippen LogP contribution >= 0.6 is 11.6 Å². The minimum absolute atomic E-state index is 0.227. The molecular formula is C13H14ClFN2. The van der Waals surface area contributed by atoms with Crippen molar-refractivity contribution < 1.29 is 4.39 Å². The van der Waals surface area contributed by atoms with Crippen molar-refractivity contribution in [3.8, 4) is 6.07 Å². The van der Waals surface area contributed by atoms with Gasteiger partial charge in [0.15, 0.2) is 0 Å². The smallest absolute Gasteiger partial charge is 0.127 e. The Labute approximate surface area is 105 Å². The summed E-state index contributed by atoms with van der Waals surface area (Å²) in [4.78, 5) is 0. The van der Waals surface area contributed by atoms with Gasteiger partial charge < -0.3 is 5.32 Å². The van der Waals surface area contributed by atoms with Crippen LogP contribution in [-0.4, -0.2) is 6.54 Å². The monoisotopic (exact) mass is 252 g/mol. The van der Waals surface area contributed by atoms with Crippen LogP contribution in [-0.2, 0) is 6.54 Å². The van der Waals surface area contributed by atoms with Gasteiger partial charge in [0, 0.05) is 23.7 Å². The maximum Gasteiger partial charge on any atom is 0.127 e. The molecule has 2 rings (SSSR count). The van der Waals surface area contributed by atoms with Crippen molar-refractivity contribution in [3.05, 3.63) is 34.6 Å². The molecule has 1 N–H and O–H groups in total. The lowest BCUT2D eigenvalue weighted by atomic mass is 9.70. The molecule has 2 nitrogen and oxygen atoms in total. The van der Waals surface area contributed by atoms with Crippen molar-refractivity contribution >= 4 is 11.6 Å². The Morgan fingerprint density at radius 1 is 1.47 bits per heavy atom. The van der Waals surface area contributed by atoms with E-state index in [2.05, 4.69) is 11.4 Å². The van der Waals surface area contributed by atoms with E-state index in [4.69, 9.17) is 16.9 Å². The maximum atomic E-state index is 13.4. The quantitative estimate of drug-likeness (QED) is 0.893. The highest BCUT2D eigenvalue weighted by molar-refractivity contribution is 6.30. The molecule has 17 heavy (non-hydrogen) atoms. The first-order chi connectivity index (χ1) is 8.15. The minimum atomic E-state index is -0.262. The summed E-state index contributed by atoms with van der Waals surface area (Å²) in [7, 11) is 0. The van der Waals surface area contributed by atoms with E-state index < -0.39 is 0 Å². The molecule has 1 aromatic rings. The summed E-state index contributed by atoms with van der Waals surface area (Å²) in [6, 6.07) is 6.85. The molecule has 4 heteroatoms. The van der Waals surface area contributed by atoms with Gasteiger partial charge in [0.1, 0.15) is 5.82 Å². The third-order valence-corrected chi connectivity index (χ3v) is 3.57. The standard InChI is InChI=1S/C13H14ClFN2/c14-11-2-3-12(15)10(6-11)7-17-9-13(8-16)4-1-5-13/h2-3,6,17H,1,4-5,7,9H2. The molecule has 0 unspecified atom stereocenters. The van der Waals surface area contributed by atoms with E-state index in [1.54, 1.807) is 6.07 Å². The van der Waals surface area contributed by atoms with E-state index in [-0.39, 0.29) is 11.2 Å². The molecule has 1 saturated carbocycles. The van der Waals surface area contributed by atoms with Gasteiger partial charge in [0.25, 0.3) is 0 Å². The van der Waals surface area contributed by atoms with Gasteiger partial charge in [-0.15, -0.1) is 0 Å². The van der Waals surface area contributed by atoms with Crippen LogP contribution in [0.4, 0.5) is 4.39 Å². The van der Waals surface area contributed by atoms with E-state index in [0.717, 1.165) is 19.3 Å². The van der Waals surface area contributed by atoms with Crippen LogP contribution in [0.25, 0.3) is 0 Å². The first-order valence-electron chi connectivity index (χ1n) is 5.71. The molecule has 1 fully saturated rings. The minimum Gasteiger partial charge on any atom is -0.311 e. The van der Waals surface area contributed by atoms with Gasteiger partial charge in [0.05, 0.1) is 11.5 Å². The van der Waals surface area contributed by atoms with Crippen molar-refractivity contribution in [1.29, 1.82) is 5.26 Å². The molecule has 0 saturated heterocycles. The first-order valence-corrected chi connectivity index (χ1v) is 6.09. The number of rotatable bonds is 4. The number of nitrogens with zero attached hydrogens (tertiary/aromatic N) is 1. The normalized spacial score (nSPS) is 17.2. The van der Waals surface area contributed by atoms with Crippen LogP contribution in [0, 0.1) is 22.6 Å². The summed E-state index contributed by atoms with van der Waals surface area (Å²) in [5.74, 6) is -0.262. The molecule has 0 bridgehead atoms. The summed E-state index contributed by atoms with van der Waals surface area (Å²) in [5.41, 5.74) is 0.319. The SMILES string of the molecule is N#CC1(CNCc2cc(Cl)ccc2F)CCC1. The molecule has 0 aliphatic heterocycles. The number of nitrogens with one attached hydrogen (secondary N) is 1. The maximum absolute atomic E-state index is 13.4. The van der Waals surface area contributed by atoms with Crippen molar-refractivity contribution in [3.63, 3.8) is 0 Å². The zero-order valence-electron chi connectivity index (χ0n) is 9.47. The van der Waals surface area contributed by atoms with E-state index >= 15 is 0 Å².